The van der Waals surface area contributed by atoms with Crippen LogP contribution in [-0.4, -0.2) is 38.3 Å². The van der Waals surface area contributed by atoms with Gasteiger partial charge in [0.25, 0.3) is 0 Å². The van der Waals surface area contributed by atoms with Crippen molar-refractivity contribution in [3.63, 3.8) is 0 Å². The van der Waals surface area contributed by atoms with E-state index in [0.29, 0.717) is 18.9 Å². The summed E-state index contributed by atoms with van der Waals surface area (Å²) in [5.74, 6) is 0.666. The van der Waals surface area contributed by atoms with Gasteiger partial charge in [-0.1, -0.05) is 25.6 Å². The van der Waals surface area contributed by atoms with Crippen molar-refractivity contribution in [1.82, 2.24) is 5.32 Å². The molecular weight excluding hydrogens is 356 g/mol. The Morgan fingerprint density at radius 3 is 2.76 bits per heavy atom. The molecule has 6 nitrogen and oxygen atoms in total. The SMILES string of the molecule is COCc1sc(N(C)/C(=N\N=C\NC=O)SC)c(C)c1CCC(C)C. The molecule has 0 fully saturated rings. The average molecular weight is 385 g/mol. The number of amidine groups is 1. The van der Waals surface area contributed by atoms with Crippen LogP contribution in [0, 0.1) is 12.8 Å². The molecule has 0 spiro atoms. The van der Waals surface area contributed by atoms with E-state index in [4.69, 9.17) is 4.74 Å². The van der Waals surface area contributed by atoms with Crippen LogP contribution in [0.2, 0.25) is 0 Å². The Kier molecular flexibility index (Phi) is 9.77. The second-order valence-electron chi connectivity index (χ2n) is 5.97. The van der Waals surface area contributed by atoms with Crippen LogP contribution >= 0.6 is 23.1 Å². The number of rotatable bonds is 9. The van der Waals surface area contributed by atoms with E-state index in [2.05, 4.69) is 36.3 Å². The zero-order chi connectivity index (χ0) is 18.8. The first-order chi connectivity index (χ1) is 12.0. The molecule has 0 saturated heterocycles. The van der Waals surface area contributed by atoms with Crippen LogP contribution in [0.1, 0.15) is 36.3 Å². The van der Waals surface area contributed by atoms with Gasteiger partial charge in [-0.2, -0.15) is 0 Å². The molecule has 1 rings (SSSR count). The van der Waals surface area contributed by atoms with Gasteiger partial charge in [0.2, 0.25) is 6.41 Å². The number of nitrogens with zero attached hydrogens (tertiary/aromatic N) is 3. The Morgan fingerprint density at radius 1 is 1.48 bits per heavy atom. The first-order valence-corrected chi connectivity index (χ1v) is 10.2. The molecule has 8 heteroatoms. The van der Waals surface area contributed by atoms with E-state index in [1.54, 1.807) is 18.4 Å². The third-order valence-electron chi connectivity index (χ3n) is 3.69. The number of thioether (sulfide) groups is 1. The van der Waals surface area contributed by atoms with E-state index < -0.39 is 0 Å². The molecule has 25 heavy (non-hydrogen) atoms. The summed E-state index contributed by atoms with van der Waals surface area (Å²) in [5.41, 5.74) is 2.66. The normalized spacial score (nSPS) is 12.2. The van der Waals surface area contributed by atoms with Crippen molar-refractivity contribution < 1.29 is 9.53 Å². The minimum atomic E-state index is 0.558. The van der Waals surface area contributed by atoms with E-state index in [1.165, 1.54) is 34.1 Å². The van der Waals surface area contributed by atoms with Crippen molar-refractivity contribution in [3.05, 3.63) is 16.0 Å². The van der Waals surface area contributed by atoms with Gasteiger partial charge >= 0.3 is 0 Å². The van der Waals surface area contributed by atoms with Crippen LogP contribution < -0.4 is 10.2 Å². The number of thiophene rings is 1. The van der Waals surface area contributed by atoms with E-state index in [0.717, 1.165) is 23.0 Å². The first-order valence-electron chi connectivity index (χ1n) is 8.13. The second kappa shape index (κ2) is 11.3. The smallest absolute Gasteiger partial charge is 0.212 e. The Bertz CT molecular complexity index is 612. The summed E-state index contributed by atoms with van der Waals surface area (Å²) in [5, 5.41) is 12.3. The zero-order valence-corrected chi connectivity index (χ0v) is 17.5. The highest BCUT2D eigenvalue weighted by atomic mass is 32.2. The number of nitrogens with one attached hydrogen (secondary N) is 1. The zero-order valence-electron chi connectivity index (χ0n) is 15.8. The number of hydrogen-bond donors (Lipinski definition) is 1. The fourth-order valence-electron chi connectivity index (χ4n) is 2.39. The molecule has 0 unspecified atom stereocenters. The largest absolute Gasteiger partial charge is 0.379 e. The maximum Gasteiger partial charge on any atom is 0.212 e. The molecule has 0 aromatic carbocycles. The van der Waals surface area contributed by atoms with E-state index in [9.17, 15) is 4.79 Å². The molecule has 1 heterocycles. The van der Waals surface area contributed by atoms with Gasteiger partial charge in [0.1, 0.15) is 11.3 Å². The summed E-state index contributed by atoms with van der Waals surface area (Å²) in [6.07, 6.45) is 5.99. The first kappa shape index (κ1) is 21.7. The molecule has 1 aromatic heterocycles. The summed E-state index contributed by atoms with van der Waals surface area (Å²) < 4.78 is 5.39. The molecule has 0 aliphatic rings. The van der Waals surface area contributed by atoms with Crippen LogP contribution in [0.15, 0.2) is 10.2 Å². The topological polar surface area (TPSA) is 66.3 Å². The van der Waals surface area contributed by atoms with Gasteiger partial charge in [-0.05, 0) is 43.1 Å². The van der Waals surface area contributed by atoms with Crippen molar-refractivity contribution in [2.24, 2.45) is 16.1 Å². The van der Waals surface area contributed by atoms with Crippen LogP contribution in [0.5, 0.6) is 0 Å². The summed E-state index contributed by atoms with van der Waals surface area (Å²) in [6.45, 7) is 7.27. The number of anilines is 1. The van der Waals surface area contributed by atoms with Crippen LogP contribution in [0.25, 0.3) is 0 Å². The Hall–Kier alpha value is -1.38. The quantitative estimate of drug-likeness (QED) is 0.305. The number of carbonyl (C=O) groups excluding carboxylic acids is 1. The summed E-state index contributed by atoms with van der Waals surface area (Å²) in [7, 11) is 3.72. The van der Waals surface area contributed by atoms with Crippen LogP contribution in [-0.2, 0) is 22.6 Å². The number of amides is 1. The Labute approximate surface area is 158 Å². The third kappa shape index (κ3) is 6.45. The molecule has 0 saturated carbocycles. The lowest BCUT2D eigenvalue weighted by atomic mass is 10.00. The Balaban J connectivity index is 3.12. The molecule has 0 aliphatic carbocycles. The summed E-state index contributed by atoms with van der Waals surface area (Å²) in [6, 6.07) is 0. The fourth-order valence-corrected chi connectivity index (χ4v) is 4.23. The molecule has 1 amide bonds. The van der Waals surface area contributed by atoms with Crippen LogP contribution in [0.3, 0.4) is 0 Å². The molecule has 140 valence electrons. The van der Waals surface area contributed by atoms with Gasteiger partial charge in [-0.3, -0.25) is 4.79 Å². The predicted octanol–water partition coefficient (Wildman–Crippen LogP) is 3.64. The molecule has 1 aromatic rings. The monoisotopic (exact) mass is 384 g/mol. The van der Waals surface area contributed by atoms with E-state index in [1.807, 2.05) is 18.2 Å². The van der Waals surface area contributed by atoms with E-state index in [-0.39, 0.29) is 0 Å². The lowest BCUT2D eigenvalue weighted by molar-refractivity contribution is -0.108. The second-order valence-corrected chi connectivity index (χ2v) is 7.83. The standard InChI is InChI=1S/C17H28N4O2S2/c1-12(2)7-8-14-13(3)16(25-15(14)9-23-5)21(4)17(24-6)20-19-10-18-11-22/h10-12H,7-9H2,1-6H3,(H,18,19,22)/b20-17+. The summed E-state index contributed by atoms with van der Waals surface area (Å²) >= 11 is 3.25. The summed E-state index contributed by atoms with van der Waals surface area (Å²) in [4.78, 5) is 13.6. The fraction of sp³-hybridized carbons (Fsp3) is 0.588. The molecule has 1 N–H and O–H groups in total. The number of methoxy groups -OCH3 is 1. The molecule has 0 aliphatic heterocycles. The maximum absolute atomic E-state index is 10.3. The van der Waals surface area contributed by atoms with Crippen molar-refractivity contribution in [1.29, 1.82) is 0 Å². The maximum atomic E-state index is 10.3. The minimum absolute atomic E-state index is 0.558. The number of ether oxygens (including phenoxy) is 1. The van der Waals surface area contributed by atoms with Gasteiger partial charge < -0.3 is 15.0 Å². The van der Waals surface area contributed by atoms with Crippen molar-refractivity contribution in [2.75, 3.05) is 25.3 Å². The van der Waals surface area contributed by atoms with Crippen molar-refractivity contribution >= 4 is 46.0 Å². The number of carbonyl (C=O) groups is 1. The Morgan fingerprint density at radius 2 is 2.20 bits per heavy atom. The van der Waals surface area contributed by atoms with Gasteiger partial charge in [0.15, 0.2) is 5.17 Å². The van der Waals surface area contributed by atoms with Crippen molar-refractivity contribution in [3.8, 4) is 0 Å². The highest BCUT2D eigenvalue weighted by molar-refractivity contribution is 8.13. The lowest BCUT2D eigenvalue weighted by Crippen LogP contribution is -2.23. The third-order valence-corrected chi connectivity index (χ3v) is 5.80. The van der Waals surface area contributed by atoms with Gasteiger partial charge in [0, 0.05) is 19.0 Å². The van der Waals surface area contributed by atoms with Gasteiger partial charge in [-0.25, -0.2) is 0 Å². The van der Waals surface area contributed by atoms with Gasteiger partial charge in [-0.15, -0.1) is 21.5 Å². The highest BCUT2D eigenvalue weighted by Gasteiger charge is 2.20. The predicted molar refractivity (Wildman–Crippen MR) is 110 cm³/mol. The van der Waals surface area contributed by atoms with Crippen molar-refractivity contribution in [2.45, 2.75) is 40.2 Å². The highest BCUT2D eigenvalue weighted by Crippen LogP contribution is 2.37. The average Bonchev–Trinajstić information content (AvgIpc) is 2.89. The lowest BCUT2D eigenvalue weighted by Gasteiger charge is -2.18. The molecule has 0 bridgehead atoms. The van der Waals surface area contributed by atoms with Crippen LogP contribution in [0.4, 0.5) is 5.00 Å². The minimum Gasteiger partial charge on any atom is -0.379 e. The molecule has 0 radical (unpaired) electrons. The number of hydrogen-bond acceptors (Lipinski definition) is 6. The van der Waals surface area contributed by atoms with E-state index >= 15 is 0 Å². The molecular formula is C17H28N4O2S2. The molecule has 0 atom stereocenters. The van der Waals surface area contributed by atoms with Gasteiger partial charge in [0.05, 0.1) is 6.61 Å².